The molecule has 8 heteroatoms. The minimum absolute atomic E-state index is 0. The minimum Gasteiger partial charge on any atom is -0.341 e. The summed E-state index contributed by atoms with van der Waals surface area (Å²) < 4.78 is 26.5. The van der Waals surface area contributed by atoms with Gasteiger partial charge in [-0.2, -0.15) is 0 Å². The van der Waals surface area contributed by atoms with Crippen LogP contribution in [0.4, 0.5) is 0 Å². The smallest absolute Gasteiger partial charge is 0.239 e. The van der Waals surface area contributed by atoms with Crippen molar-refractivity contribution in [2.24, 2.45) is 5.73 Å². The van der Waals surface area contributed by atoms with Gasteiger partial charge in [0.05, 0.1) is 11.3 Å². The van der Waals surface area contributed by atoms with Crippen LogP contribution in [-0.4, -0.2) is 61.5 Å². The van der Waals surface area contributed by atoms with Crippen LogP contribution < -0.4 is 5.73 Å². The van der Waals surface area contributed by atoms with Gasteiger partial charge >= 0.3 is 0 Å². The predicted molar refractivity (Wildman–Crippen MR) is 98.7 cm³/mol. The topological polar surface area (TPSA) is 83.7 Å². The summed E-state index contributed by atoms with van der Waals surface area (Å²) in [6.45, 7) is 2.06. The summed E-state index contributed by atoms with van der Waals surface area (Å²) in [6.07, 6.45) is 7.99. The molecule has 142 valence electrons. The molecule has 1 saturated heterocycles. The fourth-order valence-electron chi connectivity index (χ4n) is 3.57. The van der Waals surface area contributed by atoms with E-state index in [4.69, 9.17) is 5.73 Å². The first-order valence-electron chi connectivity index (χ1n) is 8.92. The van der Waals surface area contributed by atoms with Crippen LogP contribution in [0.15, 0.2) is 0 Å². The number of amides is 1. The predicted octanol–water partition coefficient (Wildman–Crippen LogP) is 1.73. The van der Waals surface area contributed by atoms with E-state index in [0.717, 1.165) is 58.0 Å². The van der Waals surface area contributed by atoms with E-state index >= 15 is 0 Å². The molecule has 24 heavy (non-hydrogen) atoms. The quantitative estimate of drug-likeness (QED) is 0.727. The van der Waals surface area contributed by atoms with Crippen molar-refractivity contribution in [1.82, 2.24) is 9.21 Å². The Morgan fingerprint density at radius 2 is 1.75 bits per heavy atom. The number of halogens is 1. The van der Waals surface area contributed by atoms with E-state index in [1.807, 2.05) is 4.90 Å². The minimum atomic E-state index is -3.20. The highest BCUT2D eigenvalue weighted by atomic mass is 35.5. The maximum atomic E-state index is 12.5. The standard InChI is InChI=1S/C16H31N3O3S.ClH/c1-18(23(21,22)14-8-3-2-4-9-14)11-7-10-15(17)16(20)19-12-5-6-13-19;/h14-15H,2-13,17H2,1H3;1H/t15-;/m0./s1. The number of hydrogen-bond acceptors (Lipinski definition) is 4. The molecule has 2 fully saturated rings. The number of sulfonamides is 1. The Bertz CT molecular complexity index is 489. The fraction of sp³-hybridized carbons (Fsp3) is 0.938. The van der Waals surface area contributed by atoms with Gasteiger partial charge in [-0.1, -0.05) is 19.3 Å². The first-order valence-corrected chi connectivity index (χ1v) is 10.4. The number of nitrogens with zero attached hydrogens (tertiary/aromatic N) is 2. The van der Waals surface area contributed by atoms with Crippen molar-refractivity contribution in [3.8, 4) is 0 Å². The third kappa shape index (κ3) is 5.58. The molecule has 6 nitrogen and oxygen atoms in total. The van der Waals surface area contributed by atoms with Crippen LogP contribution in [0.5, 0.6) is 0 Å². The first-order chi connectivity index (χ1) is 10.9. The molecule has 1 amide bonds. The van der Waals surface area contributed by atoms with Gasteiger partial charge in [-0.25, -0.2) is 12.7 Å². The van der Waals surface area contributed by atoms with Gasteiger partial charge < -0.3 is 10.6 Å². The molecule has 1 saturated carbocycles. The highest BCUT2D eigenvalue weighted by molar-refractivity contribution is 7.89. The van der Waals surface area contributed by atoms with Crippen LogP contribution in [0, 0.1) is 0 Å². The van der Waals surface area contributed by atoms with Crippen molar-refractivity contribution in [3.05, 3.63) is 0 Å². The summed E-state index contributed by atoms with van der Waals surface area (Å²) in [7, 11) is -1.55. The maximum Gasteiger partial charge on any atom is 0.239 e. The summed E-state index contributed by atoms with van der Waals surface area (Å²) in [4.78, 5) is 14.0. The molecule has 1 aliphatic carbocycles. The Morgan fingerprint density at radius 1 is 1.17 bits per heavy atom. The number of rotatable bonds is 7. The van der Waals surface area contributed by atoms with Crippen LogP contribution in [-0.2, 0) is 14.8 Å². The summed E-state index contributed by atoms with van der Waals surface area (Å²) in [6, 6.07) is -0.501. The van der Waals surface area contributed by atoms with Gasteiger partial charge in [0.1, 0.15) is 0 Å². The van der Waals surface area contributed by atoms with Crippen molar-refractivity contribution < 1.29 is 13.2 Å². The van der Waals surface area contributed by atoms with Gasteiger partial charge in [-0.3, -0.25) is 4.79 Å². The van der Waals surface area contributed by atoms with Crippen LogP contribution >= 0.6 is 12.4 Å². The second kappa shape index (κ2) is 9.94. The van der Waals surface area contributed by atoms with Crippen molar-refractivity contribution >= 4 is 28.3 Å². The van der Waals surface area contributed by atoms with Crippen LogP contribution in [0.2, 0.25) is 0 Å². The Hall–Kier alpha value is -0.370. The number of nitrogens with two attached hydrogens (primary N) is 1. The largest absolute Gasteiger partial charge is 0.341 e. The highest BCUT2D eigenvalue weighted by Gasteiger charge is 2.31. The van der Waals surface area contributed by atoms with E-state index in [-0.39, 0.29) is 23.6 Å². The lowest BCUT2D eigenvalue weighted by molar-refractivity contribution is -0.131. The molecule has 0 aromatic carbocycles. The summed E-state index contributed by atoms with van der Waals surface area (Å²) in [5.74, 6) is 0.0142. The first kappa shape index (κ1) is 21.7. The van der Waals surface area contributed by atoms with Gasteiger partial charge in [0.25, 0.3) is 0 Å². The van der Waals surface area contributed by atoms with Crippen LogP contribution in [0.3, 0.4) is 0 Å². The van der Waals surface area contributed by atoms with Gasteiger partial charge in [0, 0.05) is 26.7 Å². The summed E-state index contributed by atoms with van der Waals surface area (Å²) in [5.41, 5.74) is 5.98. The second-order valence-corrected chi connectivity index (χ2v) is 9.23. The lowest BCUT2D eigenvalue weighted by Gasteiger charge is -2.27. The third-order valence-electron chi connectivity index (χ3n) is 5.13. The zero-order chi connectivity index (χ0) is 16.9. The molecule has 0 radical (unpaired) electrons. The SMILES string of the molecule is CN(CCC[C@H](N)C(=O)N1CCCC1)S(=O)(=O)C1CCCCC1.Cl. The molecule has 0 aromatic heterocycles. The van der Waals surface area contributed by atoms with Gasteiger partial charge in [-0.05, 0) is 38.5 Å². The summed E-state index contributed by atoms with van der Waals surface area (Å²) in [5, 5.41) is -0.221. The number of carbonyl (C=O) groups excluding carboxylic acids is 1. The van der Waals surface area contributed by atoms with Gasteiger partial charge in [0.15, 0.2) is 0 Å². The maximum absolute atomic E-state index is 12.5. The zero-order valence-corrected chi connectivity index (χ0v) is 16.3. The number of likely N-dealkylation sites (tertiary alicyclic amines) is 1. The van der Waals surface area contributed by atoms with E-state index in [0.29, 0.717) is 19.4 Å². The van der Waals surface area contributed by atoms with Gasteiger partial charge in [0.2, 0.25) is 15.9 Å². The number of carbonyl (C=O) groups is 1. The molecule has 1 aliphatic heterocycles. The van der Waals surface area contributed by atoms with Crippen molar-refractivity contribution in [2.75, 3.05) is 26.7 Å². The average molecular weight is 382 g/mol. The zero-order valence-electron chi connectivity index (χ0n) is 14.7. The van der Waals surface area contributed by atoms with E-state index < -0.39 is 16.1 Å². The lowest BCUT2D eigenvalue weighted by Crippen LogP contribution is -2.43. The van der Waals surface area contributed by atoms with E-state index in [2.05, 4.69) is 0 Å². The number of hydrogen-bond donors (Lipinski definition) is 1. The Kier molecular flexibility index (Phi) is 8.98. The second-order valence-electron chi connectivity index (χ2n) is 6.91. The molecule has 2 N–H and O–H groups in total. The molecule has 0 unspecified atom stereocenters. The summed E-state index contributed by atoms with van der Waals surface area (Å²) >= 11 is 0. The molecular formula is C16H32ClN3O3S. The molecule has 1 atom stereocenters. The average Bonchev–Trinajstić information content (AvgIpc) is 3.09. The Morgan fingerprint density at radius 3 is 2.33 bits per heavy atom. The van der Waals surface area contributed by atoms with E-state index in [1.165, 1.54) is 4.31 Å². The highest BCUT2D eigenvalue weighted by Crippen LogP contribution is 2.25. The molecule has 2 aliphatic rings. The third-order valence-corrected chi connectivity index (χ3v) is 7.50. The molecule has 0 bridgehead atoms. The molecule has 2 rings (SSSR count). The van der Waals surface area contributed by atoms with Crippen LogP contribution in [0.25, 0.3) is 0 Å². The monoisotopic (exact) mass is 381 g/mol. The Balaban J connectivity index is 0.00000288. The molecule has 0 aromatic rings. The normalized spacial score (nSPS) is 20.9. The van der Waals surface area contributed by atoms with Crippen LogP contribution in [0.1, 0.15) is 57.8 Å². The fourth-order valence-corrected chi connectivity index (χ4v) is 5.40. The molecular weight excluding hydrogens is 350 g/mol. The van der Waals surface area contributed by atoms with Gasteiger partial charge in [-0.15, -0.1) is 12.4 Å². The van der Waals surface area contributed by atoms with Crippen molar-refractivity contribution in [2.45, 2.75) is 69.1 Å². The lowest BCUT2D eigenvalue weighted by atomic mass is 10.0. The Labute approximate surface area is 152 Å². The van der Waals surface area contributed by atoms with Crippen molar-refractivity contribution in [3.63, 3.8) is 0 Å². The van der Waals surface area contributed by atoms with Crippen molar-refractivity contribution in [1.29, 1.82) is 0 Å². The molecule has 0 spiro atoms. The van der Waals surface area contributed by atoms with E-state index in [9.17, 15) is 13.2 Å². The van der Waals surface area contributed by atoms with E-state index in [1.54, 1.807) is 7.05 Å². The molecule has 1 heterocycles.